The van der Waals surface area contributed by atoms with Crippen molar-refractivity contribution >= 4 is 44.7 Å². The highest BCUT2D eigenvalue weighted by molar-refractivity contribution is 7.21. The van der Waals surface area contributed by atoms with Gasteiger partial charge in [0.25, 0.3) is 18.2 Å². The van der Waals surface area contributed by atoms with Gasteiger partial charge in [-0.15, -0.1) is 11.3 Å². The fourth-order valence-corrected chi connectivity index (χ4v) is 5.63. The number of carbonyl (C=O) groups is 2. The van der Waals surface area contributed by atoms with Gasteiger partial charge in [0.1, 0.15) is 26.7 Å². The molecule has 2 aromatic carbocycles. The largest absolute Gasteiger partial charge is 0.433 e. The normalized spacial score (nSPS) is 11.9. The summed E-state index contributed by atoms with van der Waals surface area (Å²) in [6.07, 6.45) is -6.73. The molecule has 6 aromatic rings. The molecule has 0 fully saturated rings. The van der Waals surface area contributed by atoms with Gasteiger partial charge in [0.05, 0.1) is 17.6 Å². The van der Waals surface area contributed by atoms with Gasteiger partial charge in [-0.05, 0) is 23.3 Å². The lowest BCUT2D eigenvalue weighted by molar-refractivity contribution is -0.140. The third-order valence-electron chi connectivity index (χ3n) is 6.54. The molecule has 2 amide bonds. The first-order valence-electron chi connectivity index (χ1n) is 12.5. The molecule has 0 saturated carbocycles. The first-order chi connectivity index (χ1) is 20.5. The van der Waals surface area contributed by atoms with E-state index in [1.807, 2.05) is 0 Å². The maximum absolute atomic E-state index is 14.0. The second kappa shape index (κ2) is 10.5. The van der Waals surface area contributed by atoms with Crippen LogP contribution in [0.25, 0.3) is 38.2 Å². The Morgan fingerprint density at radius 1 is 0.930 bits per heavy atom. The number of nitrogens with zero attached hydrogens (tertiary/aromatic N) is 4. The van der Waals surface area contributed by atoms with Crippen molar-refractivity contribution in [3.05, 3.63) is 101 Å². The van der Waals surface area contributed by atoms with Gasteiger partial charge in [-0.25, -0.2) is 23.3 Å². The monoisotopic (exact) mass is 608 g/mol. The number of alkyl halides is 5. The first-order valence-corrected chi connectivity index (χ1v) is 13.3. The molecule has 0 aliphatic carbocycles. The molecule has 43 heavy (non-hydrogen) atoms. The number of nitrogens with one attached hydrogen (secondary N) is 1. The average Bonchev–Trinajstić information content (AvgIpc) is 3.58. The van der Waals surface area contributed by atoms with Crippen LogP contribution in [0.15, 0.2) is 79.0 Å². The summed E-state index contributed by atoms with van der Waals surface area (Å²) in [5.41, 5.74) is 4.33. The summed E-state index contributed by atoms with van der Waals surface area (Å²) in [5.74, 6) is -1.93. The lowest BCUT2D eigenvalue weighted by Crippen LogP contribution is -2.17. The Kier molecular flexibility index (Phi) is 6.85. The molecule has 0 aliphatic rings. The number of rotatable bonds is 6. The summed E-state index contributed by atoms with van der Waals surface area (Å²) in [6, 6.07) is 18.5. The summed E-state index contributed by atoms with van der Waals surface area (Å²) >= 11 is 0.584. The number of amides is 2. The van der Waals surface area contributed by atoms with Gasteiger partial charge in [-0.3, -0.25) is 9.59 Å². The van der Waals surface area contributed by atoms with E-state index in [4.69, 9.17) is 5.73 Å². The highest BCUT2D eigenvalue weighted by atomic mass is 32.1. The molecular formula is C29H17F5N6O2S. The minimum absolute atomic E-state index is 0.0429. The number of hydrogen-bond acceptors (Lipinski definition) is 6. The lowest BCUT2D eigenvalue weighted by atomic mass is 10.0. The van der Waals surface area contributed by atoms with Crippen LogP contribution in [0, 0.1) is 0 Å². The Morgan fingerprint density at radius 3 is 2.19 bits per heavy atom. The van der Waals surface area contributed by atoms with Crippen LogP contribution in [0.5, 0.6) is 0 Å². The van der Waals surface area contributed by atoms with Crippen LogP contribution in [0.3, 0.4) is 0 Å². The Bertz CT molecular complexity index is 2020. The third kappa shape index (κ3) is 5.05. The predicted octanol–water partition coefficient (Wildman–Crippen LogP) is 6.98. The number of aromatic nitrogens is 4. The first kappa shape index (κ1) is 27.9. The predicted molar refractivity (Wildman–Crippen MR) is 150 cm³/mol. The summed E-state index contributed by atoms with van der Waals surface area (Å²) in [4.78, 5) is 33.8. The number of halogens is 5. The van der Waals surface area contributed by atoms with E-state index >= 15 is 0 Å². The SMILES string of the molecule is NC(=O)c1sc2nc(C(F)(F)F)cc(-c3ccccc3)c2c1NC(=O)c1cnn2c(C(F)F)cc(-c3ccccc3)nc12. The standard InChI is InChI=1S/C29H17F5N6O2S/c30-24(31)19-12-18(15-9-5-2-6-10-15)37-26-17(13-36-40(19)26)27(42)39-22-21-16(14-7-3-1-4-8-14)11-20(29(32,33)34)38-28(21)43-23(22)25(35)41/h1-13,24H,(H2,35,41)(H,39,42). The van der Waals surface area contributed by atoms with E-state index in [2.05, 4.69) is 20.4 Å². The number of thiophene rings is 1. The Balaban J connectivity index is 1.54. The molecular weight excluding hydrogens is 591 g/mol. The van der Waals surface area contributed by atoms with Crippen LogP contribution < -0.4 is 11.1 Å². The summed E-state index contributed by atoms with van der Waals surface area (Å²) < 4.78 is 70.2. The van der Waals surface area contributed by atoms with Gasteiger partial charge in [0.2, 0.25) is 0 Å². The van der Waals surface area contributed by atoms with Crippen LogP contribution in [0.1, 0.15) is 37.8 Å². The van der Waals surface area contributed by atoms with Crippen LogP contribution in [-0.2, 0) is 6.18 Å². The van der Waals surface area contributed by atoms with E-state index in [0.29, 0.717) is 22.5 Å². The molecule has 0 saturated heterocycles. The van der Waals surface area contributed by atoms with Gasteiger partial charge in [0.15, 0.2) is 5.65 Å². The second-order valence-electron chi connectivity index (χ2n) is 9.25. The maximum Gasteiger partial charge on any atom is 0.433 e. The fraction of sp³-hybridized carbons (Fsp3) is 0.0690. The zero-order chi connectivity index (χ0) is 30.5. The molecule has 216 valence electrons. The molecule has 3 N–H and O–H groups in total. The van der Waals surface area contributed by atoms with Gasteiger partial charge in [-0.1, -0.05) is 60.7 Å². The van der Waals surface area contributed by atoms with Gasteiger partial charge < -0.3 is 11.1 Å². The second-order valence-corrected chi connectivity index (χ2v) is 10.2. The molecule has 0 unspecified atom stereocenters. The lowest BCUT2D eigenvalue weighted by Gasteiger charge is -2.12. The average molecular weight is 609 g/mol. The molecule has 14 heteroatoms. The summed E-state index contributed by atoms with van der Waals surface area (Å²) in [5, 5.41) is 6.54. The number of pyridine rings is 1. The number of hydrogen-bond donors (Lipinski definition) is 2. The molecule has 0 bridgehead atoms. The van der Waals surface area contributed by atoms with Crippen LogP contribution >= 0.6 is 11.3 Å². The fourth-order valence-electron chi connectivity index (χ4n) is 4.62. The topological polar surface area (TPSA) is 115 Å². The highest BCUT2D eigenvalue weighted by Gasteiger charge is 2.35. The van der Waals surface area contributed by atoms with Crippen LogP contribution in [0.2, 0.25) is 0 Å². The van der Waals surface area contributed by atoms with E-state index in [-0.39, 0.29) is 43.2 Å². The number of benzene rings is 2. The number of nitrogens with two attached hydrogens (primary N) is 1. The number of fused-ring (bicyclic) bond motifs is 2. The van der Waals surface area contributed by atoms with E-state index in [0.717, 1.165) is 22.8 Å². The van der Waals surface area contributed by atoms with E-state index in [9.17, 15) is 31.5 Å². The maximum atomic E-state index is 14.0. The number of primary amides is 1. The van der Waals surface area contributed by atoms with Gasteiger partial charge >= 0.3 is 6.18 Å². The highest BCUT2D eigenvalue weighted by Crippen LogP contribution is 2.44. The molecule has 0 spiro atoms. The van der Waals surface area contributed by atoms with Crippen molar-refractivity contribution in [2.75, 3.05) is 5.32 Å². The van der Waals surface area contributed by atoms with Crippen molar-refractivity contribution in [2.45, 2.75) is 12.6 Å². The number of anilines is 1. The van der Waals surface area contributed by atoms with Gasteiger partial charge in [0, 0.05) is 10.9 Å². The smallest absolute Gasteiger partial charge is 0.365 e. The Hall–Kier alpha value is -5.24. The van der Waals surface area contributed by atoms with E-state index < -0.39 is 35.8 Å². The van der Waals surface area contributed by atoms with Crippen molar-refractivity contribution in [2.24, 2.45) is 5.73 Å². The molecule has 4 aromatic heterocycles. The molecule has 0 radical (unpaired) electrons. The quantitative estimate of drug-likeness (QED) is 0.198. The molecule has 6 rings (SSSR count). The molecule has 0 atom stereocenters. The van der Waals surface area contributed by atoms with Crippen LogP contribution in [-0.4, -0.2) is 31.4 Å². The summed E-state index contributed by atoms with van der Waals surface area (Å²) in [6.45, 7) is 0. The molecule has 4 heterocycles. The van der Waals surface area contributed by atoms with Crippen molar-refractivity contribution in [3.8, 4) is 22.4 Å². The third-order valence-corrected chi connectivity index (χ3v) is 7.63. The number of carbonyl (C=O) groups excluding carboxylic acids is 2. The Labute approximate surface area is 242 Å². The molecule has 8 nitrogen and oxygen atoms in total. The minimum atomic E-state index is -4.81. The summed E-state index contributed by atoms with van der Waals surface area (Å²) in [7, 11) is 0. The van der Waals surface area contributed by atoms with Crippen LogP contribution in [0.4, 0.5) is 27.6 Å². The van der Waals surface area contributed by atoms with Crippen molar-refractivity contribution in [3.63, 3.8) is 0 Å². The zero-order valence-electron chi connectivity index (χ0n) is 21.6. The van der Waals surface area contributed by atoms with Crippen molar-refractivity contribution < 1.29 is 31.5 Å². The van der Waals surface area contributed by atoms with Gasteiger partial charge in [-0.2, -0.15) is 18.3 Å². The van der Waals surface area contributed by atoms with E-state index in [1.165, 1.54) is 0 Å². The Morgan fingerprint density at radius 2 is 1.58 bits per heavy atom. The molecule has 0 aliphatic heterocycles. The minimum Gasteiger partial charge on any atom is -0.365 e. The zero-order valence-corrected chi connectivity index (χ0v) is 22.4. The van der Waals surface area contributed by atoms with Crippen molar-refractivity contribution in [1.29, 1.82) is 0 Å². The van der Waals surface area contributed by atoms with E-state index in [1.54, 1.807) is 60.7 Å². The van der Waals surface area contributed by atoms with Crippen molar-refractivity contribution in [1.82, 2.24) is 19.6 Å².